The number of carbonyl (C=O) groups excluding carboxylic acids is 1. The van der Waals surface area contributed by atoms with E-state index in [1.54, 1.807) is 24.1 Å². The Hall–Kier alpha value is -0.970. The van der Waals surface area contributed by atoms with Gasteiger partial charge in [0.15, 0.2) is 0 Å². The number of nitrogens with one attached hydrogen (secondary N) is 1. The van der Waals surface area contributed by atoms with E-state index in [0.29, 0.717) is 24.7 Å². The highest BCUT2D eigenvalue weighted by Crippen LogP contribution is 2.15. The lowest BCUT2D eigenvalue weighted by atomic mass is 10.1. The Balaban J connectivity index is 0.00000361. The topological polar surface area (TPSA) is 41.6 Å². The Labute approximate surface area is 131 Å². The third-order valence-electron chi connectivity index (χ3n) is 2.82. The van der Waals surface area contributed by atoms with Crippen LogP contribution in [0.25, 0.3) is 0 Å². The van der Waals surface area contributed by atoms with Crippen molar-refractivity contribution in [2.24, 2.45) is 5.92 Å². The monoisotopic (exact) mass is 320 g/mol. The first-order valence-electron chi connectivity index (χ1n) is 6.32. The molecule has 0 fully saturated rings. The highest BCUT2D eigenvalue weighted by Gasteiger charge is 2.16. The highest BCUT2D eigenvalue weighted by molar-refractivity contribution is 6.30. The predicted octanol–water partition coefficient (Wildman–Crippen LogP) is 2.45. The number of rotatable bonds is 7. The molecule has 0 aliphatic rings. The third kappa shape index (κ3) is 6.46. The van der Waals surface area contributed by atoms with Crippen LogP contribution in [0, 0.1) is 5.92 Å². The minimum atomic E-state index is -0.0227. The van der Waals surface area contributed by atoms with Gasteiger partial charge in [0.2, 0.25) is 5.91 Å². The van der Waals surface area contributed by atoms with Crippen LogP contribution in [0.3, 0.4) is 0 Å². The number of likely N-dealkylation sites (N-methyl/N-ethyl adjacent to an activating group) is 1. The summed E-state index contributed by atoms with van der Waals surface area (Å²) >= 11 is 5.79. The number of halogens is 2. The largest absolute Gasteiger partial charge is 0.492 e. The summed E-state index contributed by atoms with van der Waals surface area (Å²) < 4.78 is 5.55. The smallest absolute Gasteiger partial charge is 0.226 e. The van der Waals surface area contributed by atoms with Gasteiger partial charge in [0.05, 0.1) is 6.54 Å². The summed E-state index contributed by atoms with van der Waals surface area (Å²) in [5.41, 5.74) is 0. The van der Waals surface area contributed by atoms with Gasteiger partial charge in [-0.3, -0.25) is 4.79 Å². The van der Waals surface area contributed by atoms with Crippen LogP contribution in [-0.2, 0) is 4.79 Å². The molecule has 0 radical (unpaired) electrons. The van der Waals surface area contributed by atoms with Crippen molar-refractivity contribution >= 4 is 29.9 Å². The summed E-state index contributed by atoms with van der Waals surface area (Å²) in [7, 11) is 3.63. The van der Waals surface area contributed by atoms with E-state index in [-0.39, 0.29) is 24.2 Å². The fourth-order valence-corrected chi connectivity index (χ4v) is 1.84. The van der Waals surface area contributed by atoms with Crippen molar-refractivity contribution in [3.05, 3.63) is 29.3 Å². The zero-order valence-corrected chi connectivity index (χ0v) is 13.6. The molecule has 0 spiro atoms. The Morgan fingerprint density at radius 3 is 2.55 bits per heavy atom. The van der Waals surface area contributed by atoms with Crippen molar-refractivity contribution in [2.45, 2.75) is 6.92 Å². The minimum absolute atomic E-state index is 0. The lowest BCUT2D eigenvalue weighted by molar-refractivity contribution is -0.133. The zero-order valence-electron chi connectivity index (χ0n) is 12.1. The zero-order chi connectivity index (χ0) is 14.3. The molecule has 0 saturated heterocycles. The van der Waals surface area contributed by atoms with E-state index in [1.165, 1.54) is 0 Å². The van der Waals surface area contributed by atoms with Crippen LogP contribution in [0.2, 0.25) is 5.02 Å². The maximum absolute atomic E-state index is 11.9. The lowest BCUT2D eigenvalue weighted by Gasteiger charge is -2.21. The van der Waals surface area contributed by atoms with E-state index in [1.807, 2.05) is 26.1 Å². The van der Waals surface area contributed by atoms with Crippen molar-refractivity contribution < 1.29 is 9.53 Å². The van der Waals surface area contributed by atoms with Gasteiger partial charge in [-0.25, -0.2) is 0 Å². The van der Waals surface area contributed by atoms with Crippen LogP contribution in [-0.4, -0.2) is 44.6 Å². The number of amides is 1. The Bertz CT molecular complexity index is 399. The predicted molar refractivity (Wildman–Crippen MR) is 84.9 cm³/mol. The molecule has 4 nitrogen and oxygen atoms in total. The molecule has 0 aliphatic carbocycles. The van der Waals surface area contributed by atoms with Crippen molar-refractivity contribution in [2.75, 3.05) is 33.8 Å². The van der Waals surface area contributed by atoms with Crippen molar-refractivity contribution in [3.8, 4) is 5.75 Å². The van der Waals surface area contributed by atoms with Gasteiger partial charge in [-0.2, -0.15) is 0 Å². The molecule has 1 N–H and O–H groups in total. The summed E-state index contributed by atoms with van der Waals surface area (Å²) in [6.45, 7) is 3.63. The molecule has 1 aromatic rings. The van der Waals surface area contributed by atoms with Gasteiger partial charge < -0.3 is 15.0 Å². The van der Waals surface area contributed by atoms with Gasteiger partial charge in [-0.15, -0.1) is 12.4 Å². The van der Waals surface area contributed by atoms with E-state index < -0.39 is 0 Å². The standard InChI is InChI=1S/C14H21ClN2O2.ClH/c1-11(10-16-2)14(18)17(3)8-9-19-13-6-4-12(15)5-7-13;/h4-7,11,16H,8-10H2,1-3H3;1H. The molecule has 1 aromatic carbocycles. The van der Waals surface area contributed by atoms with Crippen LogP contribution in [0.15, 0.2) is 24.3 Å². The average molecular weight is 321 g/mol. The van der Waals surface area contributed by atoms with E-state index in [0.717, 1.165) is 5.75 Å². The number of hydrogen-bond acceptors (Lipinski definition) is 3. The summed E-state index contributed by atoms with van der Waals surface area (Å²) in [5, 5.41) is 3.68. The van der Waals surface area contributed by atoms with Gasteiger partial charge in [-0.1, -0.05) is 18.5 Å². The van der Waals surface area contributed by atoms with Crippen molar-refractivity contribution in [3.63, 3.8) is 0 Å². The van der Waals surface area contributed by atoms with E-state index in [4.69, 9.17) is 16.3 Å². The fraction of sp³-hybridized carbons (Fsp3) is 0.500. The molecule has 0 saturated carbocycles. The van der Waals surface area contributed by atoms with Gasteiger partial charge in [0.25, 0.3) is 0 Å². The molecule has 1 atom stereocenters. The Morgan fingerprint density at radius 1 is 1.40 bits per heavy atom. The number of nitrogens with zero attached hydrogens (tertiary/aromatic N) is 1. The van der Waals surface area contributed by atoms with E-state index >= 15 is 0 Å². The first-order valence-corrected chi connectivity index (χ1v) is 6.70. The Morgan fingerprint density at radius 2 is 2.00 bits per heavy atom. The van der Waals surface area contributed by atoms with Crippen molar-refractivity contribution in [1.82, 2.24) is 10.2 Å². The normalized spacial score (nSPS) is 11.4. The number of carbonyl (C=O) groups is 1. The number of ether oxygens (including phenoxy) is 1. The molecule has 0 aliphatic heterocycles. The van der Waals surface area contributed by atoms with Crippen LogP contribution >= 0.6 is 24.0 Å². The first kappa shape index (κ1) is 19.0. The molecule has 1 rings (SSSR count). The quantitative estimate of drug-likeness (QED) is 0.839. The average Bonchev–Trinajstić information content (AvgIpc) is 2.40. The fourth-order valence-electron chi connectivity index (χ4n) is 1.71. The maximum Gasteiger partial charge on any atom is 0.226 e. The molecule has 114 valence electrons. The molecule has 20 heavy (non-hydrogen) atoms. The molecule has 1 amide bonds. The number of hydrogen-bond donors (Lipinski definition) is 1. The highest BCUT2D eigenvalue weighted by atomic mass is 35.5. The van der Waals surface area contributed by atoms with Crippen LogP contribution in [0.5, 0.6) is 5.75 Å². The van der Waals surface area contributed by atoms with Crippen LogP contribution < -0.4 is 10.1 Å². The molecule has 0 heterocycles. The Kier molecular flexibility index (Phi) is 9.38. The van der Waals surface area contributed by atoms with E-state index in [2.05, 4.69) is 5.32 Å². The van der Waals surface area contributed by atoms with Crippen molar-refractivity contribution in [1.29, 1.82) is 0 Å². The summed E-state index contributed by atoms with van der Waals surface area (Å²) in [4.78, 5) is 13.6. The van der Waals surface area contributed by atoms with Gasteiger partial charge in [0, 0.05) is 24.5 Å². The first-order chi connectivity index (χ1) is 9.04. The second-order valence-electron chi connectivity index (χ2n) is 4.52. The molecule has 0 bridgehead atoms. The lowest BCUT2D eigenvalue weighted by Crippen LogP contribution is -2.38. The number of benzene rings is 1. The second kappa shape index (κ2) is 9.86. The summed E-state index contributed by atoms with van der Waals surface area (Å²) in [6.07, 6.45) is 0. The summed E-state index contributed by atoms with van der Waals surface area (Å²) in [5.74, 6) is 0.855. The molecular formula is C14H22Cl2N2O2. The molecular weight excluding hydrogens is 299 g/mol. The molecule has 1 unspecified atom stereocenters. The SMILES string of the molecule is CNCC(C)C(=O)N(C)CCOc1ccc(Cl)cc1.Cl. The van der Waals surface area contributed by atoms with Gasteiger partial charge in [0.1, 0.15) is 12.4 Å². The van der Waals surface area contributed by atoms with Gasteiger partial charge >= 0.3 is 0 Å². The van der Waals surface area contributed by atoms with Gasteiger partial charge in [-0.05, 0) is 31.3 Å². The van der Waals surface area contributed by atoms with Crippen LogP contribution in [0.1, 0.15) is 6.92 Å². The minimum Gasteiger partial charge on any atom is -0.492 e. The second-order valence-corrected chi connectivity index (χ2v) is 4.96. The third-order valence-corrected chi connectivity index (χ3v) is 3.07. The molecule has 0 aromatic heterocycles. The van der Waals surface area contributed by atoms with E-state index in [9.17, 15) is 4.79 Å². The molecule has 6 heteroatoms. The maximum atomic E-state index is 11.9. The summed E-state index contributed by atoms with van der Waals surface area (Å²) in [6, 6.07) is 7.18. The van der Waals surface area contributed by atoms with Crippen LogP contribution in [0.4, 0.5) is 0 Å².